The van der Waals surface area contributed by atoms with Gasteiger partial charge >= 0.3 is 0 Å². The van der Waals surface area contributed by atoms with Gasteiger partial charge in [0, 0.05) is 18.3 Å². The third-order valence-electron chi connectivity index (χ3n) is 7.42. The molecule has 3 heterocycles. The molecular formula is C28H21ClN4O5. The lowest BCUT2D eigenvalue weighted by Gasteiger charge is -2.35. The number of nitrogens with one attached hydrogen (secondary N) is 1. The van der Waals surface area contributed by atoms with Gasteiger partial charge in [0.25, 0.3) is 5.69 Å². The number of hydrogen-bond donors (Lipinski definition) is 1. The second-order valence-electron chi connectivity index (χ2n) is 9.49. The number of hydrogen-bond acceptors (Lipinski definition) is 6. The standard InChI is InChI=1S/C28H21ClN4O5/c29-20-11-10-18(33(37)38)14-21(20)30-26(34)25-23-22(24-19-9-5-4-8-17(19)12-13-31(24)25)27(35)32(28(23)36)15-16-6-2-1-3-7-16/h1-14,22-25H,15H2,(H,30,34)/t22-,23-,24+,25+/m1/s1. The fraction of sp³-hybridized carbons (Fsp3) is 0.179. The minimum atomic E-state index is -1.03. The topological polar surface area (TPSA) is 113 Å². The number of benzene rings is 3. The first-order valence-electron chi connectivity index (χ1n) is 12.0. The van der Waals surface area contributed by atoms with Crippen LogP contribution in [0, 0.1) is 22.0 Å². The van der Waals surface area contributed by atoms with Gasteiger partial charge in [0.2, 0.25) is 17.7 Å². The van der Waals surface area contributed by atoms with Crippen molar-refractivity contribution < 1.29 is 19.3 Å². The van der Waals surface area contributed by atoms with Gasteiger partial charge in [0.05, 0.1) is 40.1 Å². The van der Waals surface area contributed by atoms with E-state index in [1.165, 1.54) is 23.1 Å². The van der Waals surface area contributed by atoms with Gasteiger partial charge in [0.1, 0.15) is 6.04 Å². The van der Waals surface area contributed by atoms with Gasteiger partial charge in [-0.1, -0.05) is 66.2 Å². The van der Waals surface area contributed by atoms with Crippen LogP contribution in [0.2, 0.25) is 5.02 Å². The maximum atomic E-state index is 13.8. The first-order chi connectivity index (χ1) is 18.3. The summed E-state index contributed by atoms with van der Waals surface area (Å²) in [4.78, 5) is 55.0. The van der Waals surface area contributed by atoms with Gasteiger partial charge in [-0.25, -0.2) is 0 Å². The zero-order valence-electron chi connectivity index (χ0n) is 19.9. The number of nitrogens with zero attached hydrogens (tertiary/aromatic N) is 3. The van der Waals surface area contributed by atoms with Crippen molar-refractivity contribution in [3.8, 4) is 0 Å². The van der Waals surface area contributed by atoms with E-state index in [1.807, 2.05) is 60.7 Å². The van der Waals surface area contributed by atoms with Crippen LogP contribution in [0.15, 0.2) is 79.0 Å². The van der Waals surface area contributed by atoms with E-state index in [1.54, 1.807) is 11.1 Å². The maximum absolute atomic E-state index is 13.8. The summed E-state index contributed by atoms with van der Waals surface area (Å²) in [5.74, 6) is -3.03. The quantitative estimate of drug-likeness (QED) is 0.298. The van der Waals surface area contributed by atoms with Crippen LogP contribution in [-0.4, -0.2) is 38.5 Å². The summed E-state index contributed by atoms with van der Waals surface area (Å²) in [5.41, 5.74) is 2.40. The van der Waals surface area contributed by atoms with Crippen molar-refractivity contribution in [2.24, 2.45) is 11.8 Å². The molecule has 0 unspecified atom stereocenters. The Hall–Kier alpha value is -4.50. The van der Waals surface area contributed by atoms with E-state index in [4.69, 9.17) is 11.6 Å². The molecule has 0 radical (unpaired) electrons. The molecule has 2 fully saturated rings. The number of halogens is 1. The zero-order chi connectivity index (χ0) is 26.6. The molecule has 190 valence electrons. The summed E-state index contributed by atoms with van der Waals surface area (Å²) in [5, 5.41) is 14.1. The molecular weight excluding hydrogens is 508 g/mol. The van der Waals surface area contributed by atoms with Crippen molar-refractivity contribution in [3.63, 3.8) is 0 Å². The van der Waals surface area contributed by atoms with Gasteiger partial charge in [-0.05, 0) is 28.8 Å². The van der Waals surface area contributed by atoms with Crippen LogP contribution in [0.25, 0.3) is 6.08 Å². The van der Waals surface area contributed by atoms with E-state index < -0.39 is 40.7 Å². The Bertz CT molecular complexity index is 1520. The largest absolute Gasteiger partial charge is 0.357 e. The van der Waals surface area contributed by atoms with Gasteiger partial charge < -0.3 is 10.2 Å². The monoisotopic (exact) mass is 528 g/mol. The number of imide groups is 1. The van der Waals surface area contributed by atoms with Crippen molar-refractivity contribution in [1.82, 2.24) is 9.80 Å². The van der Waals surface area contributed by atoms with Crippen LogP contribution in [-0.2, 0) is 20.9 Å². The number of anilines is 1. The number of carbonyl (C=O) groups excluding carboxylic acids is 3. The summed E-state index contributed by atoms with van der Waals surface area (Å²) in [6.07, 6.45) is 3.59. The Morgan fingerprint density at radius 1 is 0.974 bits per heavy atom. The fourth-order valence-corrected chi connectivity index (χ4v) is 5.93. The third kappa shape index (κ3) is 3.74. The number of amides is 3. The van der Waals surface area contributed by atoms with Crippen LogP contribution < -0.4 is 5.32 Å². The molecule has 3 aromatic carbocycles. The lowest BCUT2D eigenvalue weighted by atomic mass is 9.84. The van der Waals surface area contributed by atoms with Crippen molar-refractivity contribution in [1.29, 1.82) is 0 Å². The number of nitro groups is 1. The predicted octanol–water partition coefficient (Wildman–Crippen LogP) is 4.40. The lowest BCUT2D eigenvalue weighted by molar-refractivity contribution is -0.384. The summed E-state index contributed by atoms with van der Waals surface area (Å²) in [6, 6.07) is 19.0. The molecule has 38 heavy (non-hydrogen) atoms. The highest BCUT2D eigenvalue weighted by molar-refractivity contribution is 6.34. The highest BCUT2D eigenvalue weighted by Crippen LogP contribution is 2.53. The molecule has 0 aromatic heterocycles. The number of rotatable bonds is 5. The second kappa shape index (κ2) is 9.11. The molecule has 0 aliphatic carbocycles. The SMILES string of the molecule is O=C(Nc1cc([N+](=O)[O-])ccc1Cl)[C@@H]1[C@@H]2C(=O)N(Cc3ccccc3)C(=O)[C@H]2[C@@H]2c3ccccc3C=CN12. The van der Waals surface area contributed by atoms with Crippen molar-refractivity contribution in [3.05, 3.63) is 111 Å². The summed E-state index contributed by atoms with van der Waals surface area (Å²) >= 11 is 6.24. The minimum absolute atomic E-state index is 0.0603. The number of fused-ring (bicyclic) bond motifs is 5. The molecule has 0 bridgehead atoms. The number of likely N-dealkylation sites (tertiary alicyclic amines) is 1. The van der Waals surface area contributed by atoms with E-state index >= 15 is 0 Å². The van der Waals surface area contributed by atoms with Gasteiger partial charge in [0.15, 0.2) is 0 Å². The smallest absolute Gasteiger partial charge is 0.271 e. The Kier molecular flexibility index (Phi) is 5.72. The Labute approximate surface area is 222 Å². The highest BCUT2D eigenvalue weighted by atomic mass is 35.5. The average Bonchev–Trinajstić information content (AvgIpc) is 3.39. The molecule has 3 aromatic rings. The van der Waals surface area contributed by atoms with Crippen LogP contribution in [0.3, 0.4) is 0 Å². The van der Waals surface area contributed by atoms with E-state index in [-0.39, 0.29) is 28.8 Å². The first kappa shape index (κ1) is 23.9. The molecule has 4 atom stereocenters. The van der Waals surface area contributed by atoms with Crippen molar-refractivity contribution in [2.75, 3.05) is 5.32 Å². The molecule has 10 heteroatoms. The molecule has 3 amide bonds. The second-order valence-corrected chi connectivity index (χ2v) is 9.90. The van der Waals surface area contributed by atoms with Crippen LogP contribution in [0.5, 0.6) is 0 Å². The van der Waals surface area contributed by atoms with E-state index in [0.29, 0.717) is 0 Å². The van der Waals surface area contributed by atoms with Gasteiger partial charge in [-0.15, -0.1) is 0 Å². The number of non-ortho nitro benzene ring substituents is 1. The molecule has 6 rings (SSSR count). The summed E-state index contributed by atoms with van der Waals surface area (Å²) < 4.78 is 0. The Morgan fingerprint density at radius 3 is 2.45 bits per heavy atom. The van der Waals surface area contributed by atoms with Crippen LogP contribution >= 0.6 is 11.6 Å². The molecule has 2 saturated heterocycles. The van der Waals surface area contributed by atoms with Crippen LogP contribution in [0.4, 0.5) is 11.4 Å². The first-order valence-corrected chi connectivity index (χ1v) is 12.4. The molecule has 1 N–H and O–H groups in total. The Morgan fingerprint density at radius 2 is 1.68 bits per heavy atom. The summed E-state index contributed by atoms with van der Waals surface area (Å²) in [6.45, 7) is 0.112. The predicted molar refractivity (Wildman–Crippen MR) is 140 cm³/mol. The zero-order valence-corrected chi connectivity index (χ0v) is 20.6. The highest BCUT2D eigenvalue weighted by Gasteiger charge is 2.64. The summed E-state index contributed by atoms with van der Waals surface area (Å²) in [7, 11) is 0. The van der Waals surface area contributed by atoms with Crippen molar-refractivity contribution >= 4 is 46.8 Å². The van der Waals surface area contributed by atoms with Crippen molar-refractivity contribution in [2.45, 2.75) is 18.6 Å². The third-order valence-corrected chi connectivity index (χ3v) is 7.75. The average molecular weight is 529 g/mol. The van der Waals surface area contributed by atoms with E-state index in [0.717, 1.165) is 16.7 Å². The fourth-order valence-electron chi connectivity index (χ4n) is 5.77. The van der Waals surface area contributed by atoms with Crippen LogP contribution in [0.1, 0.15) is 22.7 Å². The number of nitro benzene ring substituents is 1. The van der Waals surface area contributed by atoms with E-state index in [2.05, 4.69) is 5.32 Å². The van der Waals surface area contributed by atoms with E-state index in [9.17, 15) is 24.5 Å². The number of carbonyl (C=O) groups is 3. The lowest BCUT2D eigenvalue weighted by Crippen LogP contribution is -2.46. The molecule has 0 spiro atoms. The minimum Gasteiger partial charge on any atom is -0.357 e. The van der Waals surface area contributed by atoms with Gasteiger partial charge in [-0.2, -0.15) is 0 Å². The maximum Gasteiger partial charge on any atom is 0.271 e. The molecule has 0 saturated carbocycles. The van der Waals surface area contributed by atoms with Gasteiger partial charge in [-0.3, -0.25) is 29.4 Å². The molecule has 9 nitrogen and oxygen atoms in total. The molecule has 3 aliphatic rings. The Balaban J connectivity index is 1.40. The normalized spacial score (nSPS) is 23.2. The molecule has 3 aliphatic heterocycles.